The summed E-state index contributed by atoms with van der Waals surface area (Å²) >= 11 is 1.57. The number of thioether (sulfide) groups is 1. The Labute approximate surface area is 89.2 Å². The lowest BCUT2D eigenvalue weighted by Crippen LogP contribution is -2.30. The van der Waals surface area contributed by atoms with E-state index in [1.54, 1.807) is 11.8 Å². The van der Waals surface area contributed by atoms with E-state index in [0.717, 1.165) is 30.1 Å². The topological polar surface area (TPSA) is 39.4 Å². The van der Waals surface area contributed by atoms with Gasteiger partial charge in [-0.15, -0.1) is 4.99 Å². The number of nitrogens with zero attached hydrogens (tertiary/aromatic N) is 3. The van der Waals surface area contributed by atoms with Gasteiger partial charge in [0.25, 0.3) is 0 Å². The van der Waals surface area contributed by atoms with Gasteiger partial charge < -0.3 is 4.90 Å². The van der Waals surface area contributed by atoms with Crippen LogP contribution in [0.4, 0.5) is 0 Å². The second kappa shape index (κ2) is 3.16. The molecule has 1 aliphatic heterocycles. The van der Waals surface area contributed by atoms with Gasteiger partial charge in [-0.2, -0.15) is 5.26 Å². The molecule has 2 unspecified atom stereocenters. The molecule has 1 saturated carbocycles. The predicted octanol–water partition coefficient (Wildman–Crippen LogP) is 1.77. The third-order valence-electron chi connectivity index (χ3n) is 3.72. The molecule has 2 atom stereocenters. The molecule has 0 aromatic heterocycles. The third-order valence-corrected chi connectivity index (χ3v) is 4.44. The Morgan fingerprint density at radius 2 is 2.07 bits per heavy atom. The molecule has 1 saturated heterocycles. The van der Waals surface area contributed by atoms with Gasteiger partial charge in [0, 0.05) is 13.1 Å². The quantitative estimate of drug-likeness (QED) is 0.347. The smallest absolute Gasteiger partial charge is 0.208 e. The van der Waals surface area contributed by atoms with Crippen molar-refractivity contribution < 1.29 is 0 Å². The minimum Gasteiger partial charge on any atom is -0.350 e. The average Bonchev–Trinajstić information content (AvgIpc) is 2.56. The van der Waals surface area contributed by atoms with Gasteiger partial charge in [0.2, 0.25) is 6.19 Å². The Morgan fingerprint density at radius 3 is 2.50 bits per heavy atom. The molecule has 0 aromatic carbocycles. The minimum atomic E-state index is 0.534. The fraction of sp³-hybridized carbons (Fsp3) is 0.800. The Kier molecular flexibility index (Phi) is 2.23. The van der Waals surface area contributed by atoms with E-state index in [0.29, 0.717) is 5.41 Å². The number of hydrogen-bond donors (Lipinski definition) is 0. The van der Waals surface area contributed by atoms with E-state index in [9.17, 15) is 0 Å². The van der Waals surface area contributed by atoms with Gasteiger partial charge in [-0.1, -0.05) is 25.6 Å². The molecule has 0 N–H and O–H groups in total. The van der Waals surface area contributed by atoms with Crippen LogP contribution in [-0.4, -0.2) is 29.4 Å². The van der Waals surface area contributed by atoms with E-state index in [1.165, 1.54) is 0 Å². The summed E-state index contributed by atoms with van der Waals surface area (Å²) in [6, 6.07) is 0. The van der Waals surface area contributed by atoms with Crippen LogP contribution < -0.4 is 0 Å². The molecule has 0 aromatic rings. The van der Waals surface area contributed by atoms with Crippen LogP contribution in [0.15, 0.2) is 4.99 Å². The standard InChI is InChI=1S/C10H15N3S/c1-10(2)7-4-13(5-8(7)10)9(14-3)12-6-11/h7-8H,4-5H2,1-3H3. The number of piperidine rings is 1. The first-order chi connectivity index (χ1) is 6.61. The molecular formula is C10H15N3S. The number of aliphatic imine (C=N–C) groups is 1. The molecule has 0 amide bonds. The van der Waals surface area contributed by atoms with Crippen LogP contribution in [0.25, 0.3) is 0 Å². The molecule has 0 radical (unpaired) electrons. The van der Waals surface area contributed by atoms with E-state index in [4.69, 9.17) is 5.26 Å². The fourth-order valence-corrected chi connectivity index (χ4v) is 3.12. The fourth-order valence-electron chi connectivity index (χ4n) is 2.58. The van der Waals surface area contributed by atoms with Crippen LogP contribution in [-0.2, 0) is 0 Å². The summed E-state index contributed by atoms with van der Waals surface area (Å²) < 4.78 is 0. The zero-order valence-corrected chi connectivity index (χ0v) is 9.64. The molecule has 14 heavy (non-hydrogen) atoms. The monoisotopic (exact) mass is 209 g/mol. The maximum absolute atomic E-state index is 8.53. The van der Waals surface area contributed by atoms with E-state index < -0.39 is 0 Å². The molecular weight excluding hydrogens is 194 g/mol. The molecule has 76 valence electrons. The molecule has 2 fully saturated rings. The summed E-state index contributed by atoms with van der Waals surface area (Å²) in [4.78, 5) is 6.08. The van der Waals surface area contributed by atoms with Crippen LogP contribution in [0, 0.1) is 28.7 Å². The van der Waals surface area contributed by atoms with Crippen molar-refractivity contribution in [3.8, 4) is 6.19 Å². The highest BCUT2D eigenvalue weighted by atomic mass is 32.2. The summed E-state index contributed by atoms with van der Waals surface area (Å²) in [7, 11) is 0. The molecule has 1 aliphatic carbocycles. The van der Waals surface area contributed by atoms with E-state index in [2.05, 4.69) is 23.7 Å². The Morgan fingerprint density at radius 1 is 1.50 bits per heavy atom. The van der Waals surface area contributed by atoms with E-state index in [-0.39, 0.29) is 0 Å². The zero-order chi connectivity index (χ0) is 10.3. The highest BCUT2D eigenvalue weighted by Crippen LogP contribution is 2.62. The number of rotatable bonds is 0. The lowest BCUT2D eigenvalue weighted by molar-refractivity contribution is 0.367. The summed E-state index contributed by atoms with van der Waals surface area (Å²) in [5.74, 6) is 1.64. The number of nitriles is 1. The number of likely N-dealkylation sites (tertiary alicyclic amines) is 1. The van der Waals surface area contributed by atoms with Crippen LogP contribution in [0.1, 0.15) is 13.8 Å². The maximum Gasteiger partial charge on any atom is 0.208 e. The molecule has 1 heterocycles. The number of hydrogen-bond acceptors (Lipinski definition) is 3. The van der Waals surface area contributed by atoms with Crippen molar-refractivity contribution in [1.82, 2.24) is 4.90 Å². The first kappa shape index (κ1) is 9.85. The van der Waals surface area contributed by atoms with Gasteiger partial charge in [-0.25, -0.2) is 0 Å². The van der Waals surface area contributed by atoms with Crippen LogP contribution in [0.5, 0.6) is 0 Å². The number of amidine groups is 1. The lowest BCUT2D eigenvalue weighted by Gasteiger charge is -2.23. The van der Waals surface area contributed by atoms with Gasteiger partial charge >= 0.3 is 0 Å². The molecule has 0 bridgehead atoms. The van der Waals surface area contributed by atoms with Gasteiger partial charge in [0.15, 0.2) is 5.17 Å². The highest BCUT2D eigenvalue weighted by molar-refractivity contribution is 8.13. The van der Waals surface area contributed by atoms with Gasteiger partial charge in [-0.05, 0) is 23.5 Å². The lowest BCUT2D eigenvalue weighted by atomic mass is 10.1. The molecule has 4 heteroatoms. The number of fused-ring (bicyclic) bond motifs is 1. The van der Waals surface area contributed by atoms with Gasteiger partial charge in [0.05, 0.1) is 0 Å². The first-order valence-corrected chi connectivity index (χ1v) is 6.09. The van der Waals surface area contributed by atoms with Crippen molar-refractivity contribution in [2.45, 2.75) is 13.8 Å². The van der Waals surface area contributed by atoms with Crippen molar-refractivity contribution in [3.63, 3.8) is 0 Å². The Balaban J connectivity index is 2.00. The van der Waals surface area contributed by atoms with Crippen molar-refractivity contribution >= 4 is 16.9 Å². The molecule has 2 rings (SSSR count). The first-order valence-electron chi connectivity index (χ1n) is 4.87. The minimum absolute atomic E-state index is 0.534. The third kappa shape index (κ3) is 1.31. The maximum atomic E-state index is 8.53. The molecule has 2 aliphatic rings. The van der Waals surface area contributed by atoms with Crippen molar-refractivity contribution in [2.75, 3.05) is 19.3 Å². The van der Waals surface area contributed by atoms with Crippen LogP contribution >= 0.6 is 11.8 Å². The van der Waals surface area contributed by atoms with E-state index in [1.807, 2.05) is 12.4 Å². The summed E-state index contributed by atoms with van der Waals surface area (Å²) in [5, 5.41) is 9.42. The normalized spacial score (nSPS) is 33.9. The van der Waals surface area contributed by atoms with Crippen LogP contribution in [0.3, 0.4) is 0 Å². The molecule has 0 spiro atoms. The van der Waals surface area contributed by atoms with Gasteiger partial charge in [0.1, 0.15) is 0 Å². The predicted molar refractivity (Wildman–Crippen MR) is 58.9 cm³/mol. The van der Waals surface area contributed by atoms with Crippen molar-refractivity contribution in [1.29, 1.82) is 5.26 Å². The highest BCUT2D eigenvalue weighted by Gasteiger charge is 2.62. The van der Waals surface area contributed by atoms with Crippen molar-refractivity contribution in [3.05, 3.63) is 0 Å². The van der Waals surface area contributed by atoms with E-state index >= 15 is 0 Å². The second-order valence-corrected chi connectivity index (χ2v) is 5.41. The van der Waals surface area contributed by atoms with Crippen LogP contribution in [0.2, 0.25) is 0 Å². The molecule has 3 nitrogen and oxygen atoms in total. The summed E-state index contributed by atoms with van der Waals surface area (Å²) in [6.45, 7) is 6.83. The second-order valence-electron chi connectivity index (χ2n) is 4.64. The Hall–Kier alpha value is -0.690. The van der Waals surface area contributed by atoms with Gasteiger partial charge in [-0.3, -0.25) is 0 Å². The van der Waals surface area contributed by atoms with Crippen molar-refractivity contribution in [2.24, 2.45) is 22.2 Å². The summed E-state index contributed by atoms with van der Waals surface area (Å²) in [5.41, 5.74) is 0.534. The largest absolute Gasteiger partial charge is 0.350 e. The SMILES string of the molecule is CSC(=NC#N)N1CC2C(C1)C2(C)C. The summed E-state index contributed by atoms with van der Waals surface area (Å²) in [6.07, 6.45) is 3.85. The average molecular weight is 209 g/mol. The zero-order valence-electron chi connectivity index (χ0n) is 8.82. The Bertz CT molecular complexity index is 302.